The van der Waals surface area contributed by atoms with Crippen molar-refractivity contribution in [2.45, 2.75) is 25.4 Å². The molecule has 5 nitrogen and oxygen atoms in total. The second-order valence-electron chi connectivity index (χ2n) is 5.52. The highest BCUT2D eigenvalue weighted by Crippen LogP contribution is 2.15. The molecule has 0 amide bonds. The van der Waals surface area contributed by atoms with E-state index in [2.05, 4.69) is 33.6 Å². The second kappa shape index (κ2) is 6.81. The lowest BCUT2D eigenvalue weighted by Gasteiger charge is -2.35. The summed E-state index contributed by atoms with van der Waals surface area (Å²) in [4.78, 5) is 20.4. The number of methoxy groups -OCH3 is 1. The van der Waals surface area contributed by atoms with Crippen LogP contribution in [0.1, 0.15) is 28.9 Å². The molecule has 0 aliphatic carbocycles. The first-order valence-corrected chi connectivity index (χ1v) is 7.02. The summed E-state index contributed by atoms with van der Waals surface area (Å²) in [7, 11) is 5.65. The Labute approximate surface area is 120 Å². The van der Waals surface area contributed by atoms with Gasteiger partial charge in [-0.3, -0.25) is 9.88 Å². The highest BCUT2D eigenvalue weighted by molar-refractivity contribution is 5.88. The standard InChI is InChI=1S/C15H23N3O2/c1-17(2)14-5-4-8-18(11-14)10-13-7-6-12(9-16-13)15(19)20-3/h6-7,9,14H,4-5,8,10-11H2,1-3H3. The molecular formula is C15H23N3O2. The Hall–Kier alpha value is -1.46. The fourth-order valence-electron chi connectivity index (χ4n) is 2.58. The number of piperidine rings is 1. The van der Waals surface area contributed by atoms with Crippen LogP contribution >= 0.6 is 0 Å². The van der Waals surface area contributed by atoms with Gasteiger partial charge in [-0.15, -0.1) is 0 Å². The molecule has 0 spiro atoms. The van der Waals surface area contributed by atoms with Crippen molar-refractivity contribution in [3.8, 4) is 0 Å². The van der Waals surface area contributed by atoms with Gasteiger partial charge in [-0.2, -0.15) is 0 Å². The van der Waals surface area contributed by atoms with Gasteiger partial charge in [0.1, 0.15) is 0 Å². The van der Waals surface area contributed by atoms with Crippen molar-refractivity contribution in [1.29, 1.82) is 0 Å². The highest BCUT2D eigenvalue weighted by Gasteiger charge is 2.21. The summed E-state index contributed by atoms with van der Waals surface area (Å²) in [6.45, 7) is 3.03. The maximum Gasteiger partial charge on any atom is 0.339 e. The fraction of sp³-hybridized carbons (Fsp3) is 0.600. The van der Waals surface area contributed by atoms with Gasteiger partial charge in [0.2, 0.25) is 0 Å². The molecule has 0 radical (unpaired) electrons. The van der Waals surface area contributed by atoms with Gasteiger partial charge in [-0.05, 0) is 45.6 Å². The van der Waals surface area contributed by atoms with Gasteiger partial charge in [-0.1, -0.05) is 0 Å². The van der Waals surface area contributed by atoms with E-state index >= 15 is 0 Å². The zero-order valence-electron chi connectivity index (χ0n) is 12.5. The average molecular weight is 277 g/mol. The van der Waals surface area contributed by atoms with E-state index in [4.69, 9.17) is 0 Å². The van der Waals surface area contributed by atoms with Crippen molar-refractivity contribution in [3.63, 3.8) is 0 Å². The first-order chi connectivity index (χ1) is 9.60. The Morgan fingerprint density at radius 3 is 2.90 bits per heavy atom. The smallest absolute Gasteiger partial charge is 0.339 e. The van der Waals surface area contributed by atoms with Crippen LogP contribution in [0, 0.1) is 0 Å². The van der Waals surface area contributed by atoms with E-state index in [0.717, 1.165) is 25.3 Å². The molecule has 2 rings (SSSR count). The van der Waals surface area contributed by atoms with Crippen LogP contribution in [0.5, 0.6) is 0 Å². The molecule has 1 saturated heterocycles. The molecule has 0 bridgehead atoms. The van der Waals surface area contributed by atoms with Crippen LogP contribution in [-0.2, 0) is 11.3 Å². The van der Waals surface area contributed by atoms with Gasteiger partial charge >= 0.3 is 5.97 Å². The molecule has 5 heteroatoms. The third-order valence-electron chi connectivity index (χ3n) is 3.84. The number of ether oxygens (including phenoxy) is 1. The van der Waals surface area contributed by atoms with Crippen LogP contribution < -0.4 is 0 Å². The van der Waals surface area contributed by atoms with Crippen LogP contribution in [0.15, 0.2) is 18.3 Å². The number of aromatic nitrogens is 1. The molecule has 1 atom stereocenters. The average Bonchev–Trinajstić information content (AvgIpc) is 2.47. The maximum absolute atomic E-state index is 11.4. The van der Waals surface area contributed by atoms with Gasteiger partial charge in [0, 0.05) is 25.3 Å². The summed E-state index contributed by atoms with van der Waals surface area (Å²) in [5, 5.41) is 0. The molecule has 20 heavy (non-hydrogen) atoms. The number of carbonyl (C=O) groups is 1. The monoisotopic (exact) mass is 277 g/mol. The largest absolute Gasteiger partial charge is 0.465 e. The minimum absolute atomic E-state index is 0.338. The molecule has 1 fully saturated rings. The van der Waals surface area contributed by atoms with Crippen molar-refractivity contribution in [2.75, 3.05) is 34.3 Å². The topological polar surface area (TPSA) is 45.7 Å². The summed E-state index contributed by atoms with van der Waals surface area (Å²) < 4.78 is 4.67. The number of likely N-dealkylation sites (tertiary alicyclic amines) is 1. The first-order valence-electron chi connectivity index (χ1n) is 7.02. The van der Waals surface area contributed by atoms with Crippen molar-refractivity contribution in [2.24, 2.45) is 0 Å². The van der Waals surface area contributed by atoms with Crippen LogP contribution in [-0.4, -0.2) is 61.1 Å². The predicted octanol–water partition coefficient (Wildman–Crippen LogP) is 1.39. The van der Waals surface area contributed by atoms with Crippen LogP contribution in [0.25, 0.3) is 0 Å². The fourth-order valence-corrected chi connectivity index (χ4v) is 2.58. The molecule has 2 heterocycles. The van der Waals surface area contributed by atoms with Crippen LogP contribution in [0.3, 0.4) is 0 Å². The van der Waals surface area contributed by atoms with Crippen LogP contribution in [0.4, 0.5) is 0 Å². The van der Waals surface area contributed by atoms with E-state index in [1.165, 1.54) is 20.0 Å². The number of likely N-dealkylation sites (N-methyl/N-ethyl adjacent to an activating group) is 1. The van der Waals surface area contributed by atoms with Gasteiger partial charge in [-0.25, -0.2) is 4.79 Å². The Bertz CT molecular complexity index is 445. The van der Waals surface area contributed by atoms with Crippen molar-refractivity contribution in [3.05, 3.63) is 29.6 Å². The molecule has 0 saturated carbocycles. The van der Waals surface area contributed by atoms with E-state index in [1.54, 1.807) is 12.3 Å². The second-order valence-corrected chi connectivity index (χ2v) is 5.52. The lowest BCUT2D eigenvalue weighted by Crippen LogP contribution is -2.44. The minimum atomic E-state index is -0.338. The van der Waals surface area contributed by atoms with Gasteiger partial charge in [0.15, 0.2) is 0 Å². The molecule has 1 unspecified atom stereocenters. The number of rotatable bonds is 4. The molecule has 110 valence electrons. The number of hydrogen-bond acceptors (Lipinski definition) is 5. The van der Waals surface area contributed by atoms with Gasteiger partial charge in [0.25, 0.3) is 0 Å². The molecule has 1 aromatic heterocycles. The summed E-state index contributed by atoms with van der Waals surface area (Å²) in [6.07, 6.45) is 4.08. The third kappa shape index (κ3) is 3.77. The number of hydrogen-bond donors (Lipinski definition) is 0. The highest BCUT2D eigenvalue weighted by atomic mass is 16.5. The van der Waals surface area contributed by atoms with Gasteiger partial charge < -0.3 is 9.64 Å². The lowest BCUT2D eigenvalue weighted by molar-refractivity contribution is 0.0600. The number of nitrogens with zero attached hydrogens (tertiary/aromatic N) is 3. The molecule has 1 aromatic rings. The van der Waals surface area contributed by atoms with Gasteiger partial charge in [0.05, 0.1) is 18.4 Å². The zero-order chi connectivity index (χ0) is 14.5. The summed E-state index contributed by atoms with van der Waals surface area (Å²) in [6, 6.07) is 4.31. The molecule has 1 aliphatic heterocycles. The SMILES string of the molecule is COC(=O)c1ccc(CN2CCCC(N(C)C)C2)nc1. The van der Waals surface area contributed by atoms with E-state index in [9.17, 15) is 4.79 Å². The Kier molecular flexibility index (Phi) is 5.09. The zero-order valence-corrected chi connectivity index (χ0v) is 12.5. The Morgan fingerprint density at radius 1 is 1.50 bits per heavy atom. The molecule has 0 N–H and O–H groups in total. The quantitative estimate of drug-likeness (QED) is 0.778. The summed E-state index contributed by atoms with van der Waals surface area (Å²) in [5.74, 6) is -0.338. The predicted molar refractivity (Wildman–Crippen MR) is 77.6 cm³/mol. The number of pyridine rings is 1. The van der Waals surface area contributed by atoms with E-state index < -0.39 is 0 Å². The van der Waals surface area contributed by atoms with E-state index in [1.807, 2.05) is 6.07 Å². The first kappa shape index (κ1) is 14.9. The van der Waals surface area contributed by atoms with Crippen molar-refractivity contribution < 1.29 is 9.53 Å². The summed E-state index contributed by atoms with van der Waals surface area (Å²) >= 11 is 0. The van der Waals surface area contributed by atoms with Crippen molar-refractivity contribution >= 4 is 5.97 Å². The summed E-state index contributed by atoms with van der Waals surface area (Å²) in [5.41, 5.74) is 1.50. The molecular weight excluding hydrogens is 254 g/mol. The Balaban J connectivity index is 1.94. The van der Waals surface area contributed by atoms with E-state index in [0.29, 0.717) is 11.6 Å². The maximum atomic E-state index is 11.4. The molecule has 1 aliphatic rings. The van der Waals surface area contributed by atoms with Crippen molar-refractivity contribution in [1.82, 2.24) is 14.8 Å². The number of esters is 1. The third-order valence-corrected chi connectivity index (χ3v) is 3.84. The minimum Gasteiger partial charge on any atom is -0.465 e. The number of carbonyl (C=O) groups excluding carboxylic acids is 1. The molecule has 0 aromatic carbocycles. The van der Waals surface area contributed by atoms with E-state index in [-0.39, 0.29) is 5.97 Å². The Morgan fingerprint density at radius 2 is 2.30 bits per heavy atom. The van der Waals surface area contributed by atoms with Crippen LogP contribution in [0.2, 0.25) is 0 Å². The normalized spacial score (nSPS) is 20.1. The lowest BCUT2D eigenvalue weighted by atomic mass is 10.0.